The normalized spacial score (nSPS) is 22.7. The highest BCUT2D eigenvalue weighted by Crippen LogP contribution is 2.43. The summed E-state index contributed by atoms with van der Waals surface area (Å²) in [6.45, 7) is 25.9. The Balaban J connectivity index is 0.000000134. The summed E-state index contributed by atoms with van der Waals surface area (Å²) in [7, 11) is 11.2. The lowest BCUT2D eigenvalue weighted by Crippen LogP contribution is -2.48. The van der Waals surface area contributed by atoms with Gasteiger partial charge in [0.2, 0.25) is 35.4 Å². The number of para-hydroxylation sites is 2. The molecule has 690 valence electrons. The number of anilines is 2. The van der Waals surface area contributed by atoms with Gasteiger partial charge in [0.1, 0.15) is 36.3 Å². The molecule has 2 fully saturated rings. The third-order valence-electron chi connectivity index (χ3n) is 28.2. The Hall–Kier alpha value is -11.2. The Morgan fingerprint density at radius 1 is 0.260 bits per heavy atom. The van der Waals surface area contributed by atoms with Crippen LogP contribution in [0.4, 0.5) is 11.4 Å². The van der Waals surface area contributed by atoms with Crippen molar-refractivity contribution in [1.82, 2.24) is 51.5 Å². The van der Waals surface area contributed by atoms with E-state index in [1.54, 1.807) is 0 Å². The summed E-state index contributed by atoms with van der Waals surface area (Å²) in [5, 5.41) is 19.3. The van der Waals surface area contributed by atoms with Gasteiger partial charge in [-0.15, -0.1) is 0 Å². The van der Waals surface area contributed by atoms with E-state index in [1.807, 2.05) is 201 Å². The van der Waals surface area contributed by atoms with E-state index < -0.39 is 0 Å². The van der Waals surface area contributed by atoms with Gasteiger partial charge in [0.15, 0.2) is 0 Å². The maximum absolute atomic E-state index is 13.2. The number of hydrogen-bond acceptors (Lipinski definition) is 12. The van der Waals surface area contributed by atoms with Crippen LogP contribution in [0.3, 0.4) is 0 Å². The van der Waals surface area contributed by atoms with Crippen LogP contribution in [0.15, 0.2) is 267 Å². The third kappa shape index (κ3) is 22.6. The maximum atomic E-state index is 13.2. The molecular formula is C113H142N12O6. The molecule has 9 atom stereocenters. The van der Waals surface area contributed by atoms with Crippen molar-refractivity contribution in [2.45, 2.75) is 222 Å². The van der Waals surface area contributed by atoms with Crippen LogP contribution in [0.1, 0.15) is 258 Å². The predicted octanol–water partition coefficient (Wildman–Crippen LogP) is 19.4. The Bertz CT molecular complexity index is 5440. The van der Waals surface area contributed by atoms with Gasteiger partial charge in [-0.2, -0.15) is 0 Å². The zero-order valence-corrected chi connectivity index (χ0v) is 80.1. The molecule has 18 rings (SSSR count). The van der Waals surface area contributed by atoms with Gasteiger partial charge < -0.3 is 61.3 Å². The first-order valence-corrected chi connectivity index (χ1v) is 47.8. The Morgan fingerprint density at radius 3 is 0.954 bits per heavy atom. The van der Waals surface area contributed by atoms with E-state index in [2.05, 4.69) is 231 Å². The van der Waals surface area contributed by atoms with E-state index >= 15 is 0 Å². The molecule has 0 spiro atoms. The average molecular weight is 1760 g/mol. The van der Waals surface area contributed by atoms with Crippen molar-refractivity contribution >= 4 is 46.8 Å². The van der Waals surface area contributed by atoms with Crippen LogP contribution in [0.2, 0.25) is 0 Å². The van der Waals surface area contributed by atoms with Crippen molar-refractivity contribution < 1.29 is 28.8 Å². The topological polar surface area (TPSA) is 194 Å². The zero-order valence-electron chi connectivity index (χ0n) is 80.1. The number of fused-ring (bicyclic) bond motifs is 6. The first-order valence-electron chi connectivity index (χ1n) is 47.8. The fourth-order valence-corrected chi connectivity index (χ4v) is 21.5. The smallest absolute Gasteiger partial charge is 0.248 e. The van der Waals surface area contributed by atoms with Gasteiger partial charge in [0, 0.05) is 92.1 Å². The molecule has 6 amide bonds. The second-order valence-electron chi connectivity index (χ2n) is 38.8. The number of carbonyl (C=O) groups is 6. The lowest BCUT2D eigenvalue weighted by Gasteiger charge is -2.38. The predicted molar refractivity (Wildman–Crippen MR) is 532 cm³/mol. The second kappa shape index (κ2) is 44.8. The van der Waals surface area contributed by atoms with Gasteiger partial charge in [-0.3, -0.25) is 28.8 Å². The van der Waals surface area contributed by atoms with Crippen molar-refractivity contribution in [3.05, 3.63) is 345 Å². The molecule has 8 aliphatic rings. The average Bonchev–Trinajstić information content (AvgIpc) is 1.62. The molecule has 18 heteroatoms. The molecule has 6 aliphatic heterocycles. The van der Waals surface area contributed by atoms with Crippen LogP contribution in [0.25, 0.3) is 0 Å². The number of nitrogens with one attached hydrogen (secondary N) is 6. The number of likely N-dealkylation sites (N-methyl/N-ethyl adjacent to an activating group) is 6. The van der Waals surface area contributed by atoms with Gasteiger partial charge in [-0.1, -0.05) is 343 Å². The van der Waals surface area contributed by atoms with Gasteiger partial charge in [-0.05, 0) is 188 Å². The fraction of sp³-hybridized carbons (Fsp3) is 0.416. The molecule has 0 bridgehead atoms. The molecule has 0 aromatic heterocycles. The van der Waals surface area contributed by atoms with E-state index in [0.717, 1.165) is 89.3 Å². The summed E-state index contributed by atoms with van der Waals surface area (Å²) in [4.78, 5) is 90.4. The molecule has 0 saturated heterocycles. The summed E-state index contributed by atoms with van der Waals surface area (Å²) < 4.78 is 0. The first-order chi connectivity index (χ1) is 63.3. The first kappa shape index (κ1) is 97.3. The lowest BCUT2D eigenvalue weighted by atomic mass is 9.81. The van der Waals surface area contributed by atoms with Crippen molar-refractivity contribution in [1.29, 1.82) is 0 Å². The van der Waals surface area contributed by atoms with E-state index in [1.165, 1.54) is 90.3 Å². The quantitative estimate of drug-likeness (QED) is 0.0604. The number of carbonyl (C=O) groups excluding carboxylic acids is 6. The largest absolute Gasteiger partial charge is 0.337 e. The Morgan fingerprint density at radius 2 is 0.534 bits per heavy atom. The summed E-state index contributed by atoms with van der Waals surface area (Å²) in [5.74, 6) is 2.09. The summed E-state index contributed by atoms with van der Waals surface area (Å²) in [6.07, 6.45) is 12.3. The minimum Gasteiger partial charge on any atom is -0.337 e. The van der Waals surface area contributed by atoms with Crippen LogP contribution in [-0.4, -0.2) is 149 Å². The van der Waals surface area contributed by atoms with Crippen LogP contribution >= 0.6 is 0 Å². The molecular weight excluding hydrogens is 1620 g/mol. The maximum Gasteiger partial charge on any atom is 0.248 e. The number of amides is 6. The standard InChI is InChI=1S/C20H24N2O.C19H28N2O.2C19H22N2O.C18H26N2O.C18H20N2O/c1-20(2)14-22(13-15-9-5-4-6-10-15)19(23)18(21-3)16-11-7-8-12-17(16)20;2*1-19(2)13-21(14-9-5-4-6-10-14)18(22)17(20-3)15-11-7-8-12-16(15)19;1-14-12-21(13-15-8-4-3-5-9-15)19(22)18(20-2)17-11-7-6-10-16(14)17;2*1-13-12-20(14-8-4-3-5-9-14)18(21)17(19-2)16-11-7-6-10-15(13)16/h4-12,18,21H,13-14H2,1-3H3;7-8,11-12,14,17,20H,4-6,9-10,13H2,1-3H3;4-12,17,20H,13H2,1-3H3;3-11,14,18,20H,12-13H2,1-2H3;6-7,10-11,13-14,17,19H,3-5,8-9,12H2,1-2H3;3-11,13,17,19H,12H2,1-2H3. The number of hydrogen-bond donors (Lipinski definition) is 6. The second-order valence-corrected chi connectivity index (χ2v) is 38.8. The highest BCUT2D eigenvalue weighted by molar-refractivity contribution is 6.00. The van der Waals surface area contributed by atoms with Crippen molar-refractivity contribution in [3.63, 3.8) is 0 Å². The van der Waals surface area contributed by atoms with Gasteiger partial charge in [0.25, 0.3) is 0 Å². The molecule has 6 N–H and O–H groups in total. The van der Waals surface area contributed by atoms with Gasteiger partial charge >= 0.3 is 0 Å². The van der Waals surface area contributed by atoms with E-state index in [4.69, 9.17) is 0 Å². The van der Waals surface area contributed by atoms with Crippen molar-refractivity contribution in [3.8, 4) is 0 Å². The van der Waals surface area contributed by atoms with Crippen molar-refractivity contribution in [2.24, 2.45) is 0 Å². The summed E-state index contributed by atoms with van der Waals surface area (Å²) in [5.41, 5.74) is 18.4. The van der Waals surface area contributed by atoms with E-state index in [-0.39, 0.29) is 87.9 Å². The Kier molecular flexibility index (Phi) is 33.3. The molecule has 10 aromatic rings. The lowest BCUT2D eigenvalue weighted by molar-refractivity contribution is -0.137. The highest BCUT2D eigenvalue weighted by Gasteiger charge is 2.45. The van der Waals surface area contributed by atoms with Gasteiger partial charge in [0.05, 0.1) is 0 Å². The molecule has 0 radical (unpaired) electrons. The van der Waals surface area contributed by atoms with Crippen LogP contribution in [0, 0.1) is 0 Å². The van der Waals surface area contributed by atoms with Crippen LogP contribution < -0.4 is 41.7 Å². The minimum absolute atomic E-state index is 0.00466. The monoisotopic (exact) mass is 1760 g/mol. The molecule has 2 aliphatic carbocycles. The number of rotatable bonds is 14. The molecule has 10 aromatic carbocycles. The molecule has 9 unspecified atom stereocenters. The molecule has 18 nitrogen and oxygen atoms in total. The van der Waals surface area contributed by atoms with Crippen molar-refractivity contribution in [2.75, 3.05) is 91.4 Å². The zero-order chi connectivity index (χ0) is 93.1. The van der Waals surface area contributed by atoms with Gasteiger partial charge in [-0.25, -0.2) is 0 Å². The third-order valence-corrected chi connectivity index (χ3v) is 28.2. The van der Waals surface area contributed by atoms with Crippen LogP contribution in [0.5, 0.6) is 0 Å². The fourth-order valence-electron chi connectivity index (χ4n) is 21.5. The summed E-state index contributed by atoms with van der Waals surface area (Å²) >= 11 is 0. The highest BCUT2D eigenvalue weighted by atomic mass is 16.2. The number of nitrogens with zero attached hydrogens (tertiary/aromatic N) is 6. The SMILES string of the molecule is CNC1C(=O)N(C2CCCCC2)CC(C)(C)c2ccccc21.CNC1C(=O)N(C2CCCCC2)CC(C)c2ccccc21.CNC1C(=O)N(Cc2ccccc2)CC(C)(C)c2ccccc21.CNC1C(=O)N(Cc2ccccc2)CC(C)c2ccccc21.CNC1C(=O)N(c2ccccc2)CC(C)(C)c2ccccc21.CNC1C(=O)N(c2ccccc2)CC(C)c2ccccc21. The molecule has 6 heterocycles. The molecule has 2 saturated carbocycles. The molecule has 131 heavy (non-hydrogen) atoms. The summed E-state index contributed by atoms with van der Waals surface area (Å²) in [6, 6.07) is 89.5. The van der Waals surface area contributed by atoms with E-state index in [0.29, 0.717) is 56.0 Å². The number of benzene rings is 10. The Labute approximate surface area is 780 Å². The van der Waals surface area contributed by atoms with E-state index in [9.17, 15) is 28.8 Å². The van der Waals surface area contributed by atoms with Crippen LogP contribution in [-0.2, 0) is 58.1 Å². The minimum atomic E-state index is -0.307.